The van der Waals surface area contributed by atoms with Crippen LogP contribution in [-0.2, 0) is 10.0 Å². The Morgan fingerprint density at radius 1 is 1.10 bits per heavy atom. The molecule has 0 unspecified atom stereocenters. The van der Waals surface area contributed by atoms with Crippen LogP contribution >= 0.6 is 0 Å². The summed E-state index contributed by atoms with van der Waals surface area (Å²) in [5.74, 6) is 2.09. The number of carbonyl (C=O) groups is 1. The van der Waals surface area contributed by atoms with E-state index in [-0.39, 0.29) is 23.9 Å². The summed E-state index contributed by atoms with van der Waals surface area (Å²) >= 11 is 0. The zero-order valence-corrected chi connectivity index (χ0v) is 12.4. The van der Waals surface area contributed by atoms with E-state index < -0.39 is 10.0 Å². The van der Waals surface area contributed by atoms with Gasteiger partial charge in [0.25, 0.3) is 0 Å². The lowest BCUT2D eigenvalue weighted by atomic mass is 9.53. The third kappa shape index (κ3) is 3.09. The topological polar surface area (TPSA) is 101 Å². The molecule has 0 saturated heterocycles. The molecule has 4 saturated carbocycles. The van der Waals surface area contributed by atoms with Crippen molar-refractivity contribution in [3.8, 4) is 0 Å². The summed E-state index contributed by atoms with van der Waals surface area (Å²) in [6.45, 7) is 0.0665. The molecule has 4 N–H and O–H groups in total. The molecule has 0 aliphatic heterocycles. The number of urea groups is 1. The van der Waals surface area contributed by atoms with E-state index in [1.165, 1.54) is 19.3 Å². The molecule has 20 heavy (non-hydrogen) atoms. The first kappa shape index (κ1) is 14.1. The molecule has 4 aliphatic rings. The number of nitrogens with one attached hydrogen (secondary N) is 2. The highest BCUT2D eigenvalue weighted by Gasteiger charge is 2.51. The Morgan fingerprint density at radius 3 is 2.05 bits per heavy atom. The van der Waals surface area contributed by atoms with Crippen molar-refractivity contribution >= 4 is 16.1 Å². The molecule has 0 aromatic heterocycles. The van der Waals surface area contributed by atoms with Crippen LogP contribution in [0.3, 0.4) is 0 Å². The SMILES string of the molecule is NS(=O)(=O)CCNC(=O)NC12CC3CC(CC(C3)C1)C2. The van der Waals surface area contributed by atoms with Crippen molar-refractivity contribution in [2.45, 2.75) is 44.1 Å². The highest BCUT2D eigenvalue weighted by molar-refractivity contribution is 7.89. The van der Waals surface area contributed by atoms with Crippen LogP contribution in [0, 0.1) is 17.8 Å². The smallest absolute Gasteiger partial charge is 0.315 e. The number of hydrogen-bond donors (Lipinski definition) is 3. The highest BCUT2D eigenvalue weighted by atomic mass is 32.2. The Bertz CT molecular complexity index is 468. The highest BCUT2D eigenvalue weighted by Crippen LogP contribution is 2.55. The van der Waals surface area contributed by atoms with Gasteiger partial charge in [-0.1, -0.05) is 0 Å². The Balaban J connectivity index is 1.54. The zero-order valence-electron chi connectivity index (χ0n) is 11.6. The van der Waals surface area contributed by atoms with Crippen LogP contribution in [0.4, 0.5) is 4.79 Å². The number of carbonyl (C=O) groups excluding carboxylic acids is 1. The second-order valence-corrected chi connectivity index (χ2v) is 8.68. The van der Waals surface area contributed by atoms with E-state index in [2.05, 4.69) is 10.6 Å². The summed E-state index contributed by atoms with van der Waals surface area (Å²) in [4.78, 5) is 12.0. The standard InChI is InChI=1S/C13H23N3O3S/c14-20(18,19)2-1-15-12(17)16-13-6-9-3-10(7-13)5-11(4-9)8-13/h9-11H,1-8H2,(H2,14,18,19)(H2,15,16,17). The van der Waals surface area contributed by atoms with Crippen LogP contribution in [0.1, 0.15) is 38.5 Å². The Labute approximate surface area is 119 Å². The third-order valence-electron chi connectivity index (χ3n) is 5.09. The average Bonchev–Trinajstić information content (AvgIpc) is 2.23. The van der Waals surface area contributed by atoms with E-state index in [0.29, 0.717) is 0 Å². The van der Waals surface area contributed by atoms with E-state index in [4.69, 9.17) is 5.14 Å². The summed E-state index contributed by atoms with van der Waals surface area (Å²) in [5.41, 5.74) is -0.0412. The Kier molecular flexibility index (Phi) is 3.44. The molecule has 4 fully saturated rings. The molecule has 0 aromatic carbocycles. The van der Waals surface area contributed by atoms with Crippen molar-refractivity contribution < 1.29 is 13.2 Å². The fourth-order valence-electron chi connectivity index (χ4n) is 4.86. The summed E-state index contributed by atoms with van der Waals surface area (Å²) in [6.07, 6.45) is 7.24. The molecule has 4 aliphatic carbocycles. The monoisotopic (exact) mass is 301 g/mol. The first-order valence-electron chi connectivity index (χ1n) is 7.40. The molecule has 6 nitrogen and oxygen atoms in total. The van der Waals surface area contributed by atoms with Gasteiger partial charge in [0, 0.05) is 12.1 Å². The van der Waals surface area contributed by atoms with Crippen LogP contribution < -0.4 is 15.8 Å². The van der Waals surface area contributed by atoms with Gasteiger partial charge in [0.15, 0.2) is 0 Å². The lowest BCUT2D eigenvalue weighted by molar-refractivity contribution is -0.0134. The van der Waals surface area contributed by atoms with Crippen molar-refractivity contribution in [1.29, 1.82) is 0 Å². The second-order valence-electron chi connectivity index (χ2n) is 6.95. The first-order chi connectivity index (χ1) is 9.34. The molecule has 7 heteroatoms. The molecule has 0 heterocycles. The first-order valence-corrected chi connectivity index (χ1v) is 9.12. The van der Waals surface area contributed by atoms with Crippen molar-refractivity contribution in [3.05, 3.63) is 0 Å². The summed E-state index contributed by atoms with van der Waals surface area (Å²) in [7, 11) is -3.52. The van der Waals surface area contributed by atoms with Crippen LogP contribution in [0.15, 0.2) is 0 Å². The van der Waals surface area contributed by atoms with Crippen molar-refractivity contribution in [3.63, 3.8) is 0 Å². The molecule has 0 spiro atoms. The molecule has 0 radical (unpaired) electrons. The van der Waals surface area contributed by atoms with Gasteiger partial charge in [0.05, 0.1) is 5.75 Å². The predicted molar refractivity (Wildman–Crippen MR) is 75.4 cm³/mol. The van der Waals surface area contributed by atoms with Crippen LogP contribution in [0.2, 0.25) is 0 Å². The summed E-state index contributed by atoms with van der Waals surface area (Å²) in [5, 5.41) is 10.6. The van der Waals surface area contributed by atoms with Gasteiger partial charge in [-0.2, -0.15) is 0 Å². The molecule has 0 atom stereocenters. The maximum absolute atomic E-state index is 12.0. The van der Waals surface area contributed by atoms with Gasteiger partial charge in [-0.05, 0) is 56.3 Å². The van der Waals surface area contributed by atoms with Crippen LogP contribution in [0.5, 0.6) is 0 Å². The van der Waals surface area contributed by atoms with Gasteiger partial charge in [-0.25, -0.2) is 18.4 Å². The van der Waals surface area contributed by atoms with E-state index in [1.807, 2.05) is 0 Å². The number of nitrogens with two attached hydrogens (primary N) is 1. The molecule has 4 bridgehead atoms. The lowest BCUT2D eigenvalue weighted by Gasteiger charge is -2.56. The lowest BCUT2D eigenvalue weighted by Crippen LogP contribution is -2.61. The minimum absolute atomic E-state index is 0.0412. The maximum Gasteiger partial charge on any atom is 0.315 e. The molecular weight excluding hydrogens is 278 g/mol. The van der Waals surface area contributed by atoms with Crippen LogP contribution in [0.25, 0.3) is 0 Å². The fourth-order valence-corrected chi connectivity index (χ4v) is 5.24. The third-order valence-corrected chi connectivity index (χ3v) is 5.86. The average molecular weight is 301 g/mol. The normalized spacial score (nSPS) is 38.8. The van der Waals surface area contributed by atoms with Crippen molar-refractivity contribution in [2.24, 2.45) is 22.9 Å². The van der Waals surface area contributed by atoms with E-state index in [1.54, 1.807) is 0 Å². The van der Waals surface area contributed by atoms with Gasteiger partial charge in [0.1, 0.15) is 0 Å². The van der Waals surface area contributed by atoms with E-state index in [9.17, 15) is 13.2 Å². The van der Waals surface area contributed by atoms with E-state index in [0.717, 1.165) is 37.0 Å². The minimum Gasteiger partial charge on any atom is -0.337 e. The summed E-state index contributed by atoms with van der Waals surface area (Å²) in [6, 6.07) is -0.254. The van der Waals surface area contributed by atoms with Gasteiger partial charge >= 0.3 is 6.03 Å². The molecule has 114 valence electrons. The van der Waals surface area contributed by atoms with Crippen LogP contribution in [-0.4, -0.2) is 32.3 Å². The van der Waals surface area contributed by atoms with Crippen molar-refractivity contribution in [1.82, 2.24) is 10.6 Å². The van der Waals surface area contributed by atoms with Gasteiger partial charge in [0.2, 0.25) is 10.0 Å². The largest absolute Gasteiger partial charge is 0.337 e. The number of amides is 2. The zero-order chi connectivity index (χ0) is 14.4. The fraction of sp³-hybridized carbons (Fsp3) is 0.923. The van der Waals surface area contributed by atoms with Gasteiger partial charge in [-0.3, -0.25) is 0 Å². The Hall–Kier alpha value is -0.820. The number of hydrogen-bond acceptors (Lipinski definition) is 3. The number of rotatable bonds is 4. The molecule has 4 rings (SSSR count). The van der Waals surface area contributed by atoms with E-state index >= 15 is 0 Å². The van der Waals surface area contributed by atoms with Gasteiger partial charge in [-0.15, -0.1) is 0 Å². The maximum atomic E-state index is 12.0. The predicted octanol–water partition coefficient (Wildman–Crippen LogP) is 0.543. The minimum atomic E-state index is -3.52. The molecule has 0 aromatic rings. The van der Waals surface area contributed by atoms with Gasteiger partial charge < -0.3 is 10.6 Å². The Morgan fingerprint density at radius 2 is 1.60 bits per heavy atom. The number of sulfonamides is 1. The molecular formula is C13H23N3O3S. The van der Waals surface area contributed by atoms with Crippen molar-refractivity contribution in [2.75, 3.05) is 12.3 Å². The second kappa shape index (κ2) is 4.87. The summed E-state index contributed by atoms with van der Waals surface area (Å²) < 4.78 is 21.7. The molecule has 2 amide bonds. The number of primary sulfonamides is 1. The quantitative estimate of drug-likeness (QED) is 0.706.